The van der Waals surface area contributed by atoms with Gasteiger partial charge in [-0.1, -0.05) is 36.4 Å². The lowest BCUT2D eigenvalue weighted by atomic mass is 9.94. The summed E-state index contributed by atoms with van der Waals surface area (Å²) < 4.78 is 6.03. The van der Waals surface area contributed by atoms with E-state index < -0.39 is 11.8 Å². The van der Waals surface area contributed by atoms with Gasteiger partial charge in [-0.3, -0.25) is 5.32 Å². The van der Waals surface area contributed by atoms with Crippen LogP contribution in [0.25, 0.3) is 10.9 Å². The summed E-state index contributed by atoms with van der Waals surface area (Å²) in [5.41, 5.74) is 2.88. The molecule has 5 nitrogen and oxygen atoms in total. The maximum absolute atomic E-state index is 10.2. The molecular formula is C19H20N2O3. The standard InChI is InChI=1S/C19H20N2O3/c22-19(23)15(9-10-21-19)14-11-20-16-7-4-8-17(18(14)16)24-12-13-5-2-1-3-6-13/h1-8,11,15,20-23H,9-10,12H2. The molecule has 3 aromatic rings. The Balaban J connectivity index is 1.70. The third-order valence-electron chi connectivity index (χ3n) is 4.61. The van der Waals surface area contributed by atoms with Crippen LogP contribution in [-0.4, -0.2) is 27.7 Å². The van der Waals surface area contributed by atoms with Gasteiger partial charge in [-0.25, -0.2) is 0 Å². The summed E-state index contributed by atoms with van der Waals surface area (Å²) >= 11 is 0. The molecule has 124 valence electrons. The Labute approximate surface area is 139 Å². The van der Waals surface area contributed by atoms with Crippen molar-refractivity contribution in [2.24, 2.45) is 0 Å². The SMILES string of the molecule is OC1(O)NCCC1c1c[nH]c2cccc(OCc3ccccc3)c12. The molecule has 1 atom stereocenters. The van der Waals surface area contributed by atoms with Crippen molar-refractivity contribution in [1.82, 2.24) is 10.3 Å². The Bertz CT molecular complexity index is 842. The molecule has 1 aromatic heterocycles. The first kappa shape index (κ1) is 15.2. The molecule has 1 fully saturated rings. The van der Waals surface area contributed by atoms with E-state index in [2.05, 4.69) is 10.3 Å². The van der Waals surface area contributed by atoms with Gasteiger partial charge in [0.15, 0.2) is 0 Å². The molecule has 2 heterocycles. The van der Waals surface area contributed by atoms with E-state index in [0.717, 1.165) is 27.8 Å². The lowest BCUT2D eigenvalue weighted by molar-refractivity contribution is -0.183. The summed E-state index contributed by atoms with van der Waals surface area (Å²) in [7, 11) is 0. The minimum Gasteiger partial charge on any atom is -0.488 e. The van der Waals surface area contributed by atoms with Crippen molar-refractivity contribution in [3.05, 3.63) is 65.9 Å². The number of hydrogen-bond acceptors (Lipinski definition) is 4. The Morgan fingerprint density at radius 1 is 1.08 bits per heavy atom. The average Bonchev–Trinajstić information content (AvgIpc) is 3.16. The van der Waals surface area contributed by atoms with E-state index in [-0.39, 0.29) is 0 Å². The Morgan fingerprint density at radius 3 is 2.67 bits per heavy atom. The molecule has 2 aromatic carbocycles. The largest absolute Gasteiger partial charge is 0.488 e. The van der Waals surface area contributed by atoms with E-state index in [1.807, 2.05) is 54.7 Å². The highest BCUT2D eigenvalue weighted by Gasteiger charge is 2.41. The van der Waals surface area contributed by atoms with E-state index in [4.69, 9.17) is 4.74 Å². The number of nitrogens with one attached hydrogen (secondary N) is 2. The molecule has 0 amide bonds. The minimum absolute atomic E-state index is 0.396. The average molecular weight is 324 g/mol. The summed E-state index contributed by atoms with van der Waals surface area (Å²) in [5, 5.41) is 24.0. The Morgan fingerprint density at radius 2 is 1.92 bits per heavy atom. The van der Waals surface area contributed by atoms with Gasteiger partial charge in [-0.2, -0.15) is 0 Å². The highest BCUT2D eigenvalue weighted by Crippen LogP contribution is 2.40. The lowest BCUT2D eigenvalue weighted by Gasteiger charge is -2.23. The van der Waals surface area contributed by atoms with E-state index in [0.29, 0.717) is 19.6 Å². The summed E-state index contributed by atoms with van der Waals surface area (Å²) in [6.07, 6.45) is 2.51. The molecule has 1 aliphatic heterocycles. The van der Waals surface area contributed by atoms with Gasteiger partial charge in [0.2, 0.25) is 5.91 Å². The number of ether oxygens (including phenoxy) is 1. The van der Waals surface area contributed by atoms with Gasteiger partial charge in [0.25, 0.3) is 0 Å². The van der Waals surface area contributed by atoms with E-state index in [1.54, 1.807) is 0 Å². The molecule has 4 N–H and O–H groups in total. The van der Waals surface area contributed by atoms with Crippen molar-refractivity contribution in [2.75, 3.05) is 6.54 Å². The van der Waals surface area contributed by atoms with Gasteiger partial charge < -0.3 is 19.9 Å². The van der Waals surface area contributed by atoms with Gasteiger partial charge >= 0.3 is 0 Å². The van der Waals surface area contributed by atoms with Crippen LogP contribution in [0, 0.1) is 0 Å². The molecule has 24 heavy (non-hydrogen) atoms. The molecule has 4 rings (SSSR count). The Hall–Kier alpha value is -2.34. The molecule has 0 bridgehead atoms. The maximum Gasteiger partial charge on any atom is 0.229 e. The normalized spacial score (nSPS) is 19.7. The van der Waals surface area contributed by atoms with Crippen LogP contribution in [0.1, 0.15) is 23.5 Å². The number of fused-ring (bicyclic) bond motifs is 1. The minimum atomic E-state index is -1.89. The fourth-order valence-electron chi connectivity index (χ4n) is 3.40. The summed E-state index contributed by atoms with van der Waals surface area (Å²) in [5.74, 6) is -1.54. The molecule has 0 radical (unpaired) electrons. The van der Waals surface area contributed by atoms with Crippen LogP contribution < -0.4 is 10.1 Å². The summed E-state index contributed by atoms with van der Waals surface area (Å²) in [4.78, 5) is 3.21. The number of aromatic amines is 1. The summed E-state index contributed by atoms with van der Waals surface area (Å²) in [6.45, 7) is 1.04. The predicted octanol–water partition coefficient (Wildman–Crippen LogP) is 2.46. The van der Waals surface area contributed by atoms with E-state index in [1.165, 1.54) is 0 Å². The van der Waals surface area contributed by atoms with Crippen LogP contribution in [-0.2, 0) is 6.61 Å². The zero-order chi connectivity index (χ0) is 16.6. The van der Waals surface area contributed by atoms with Crippen LogP contribution >= 0.6 is 0 Å². The van der Waals surface area contributed by atoms with Gasteiger partial charge in [0, 0.05) is 23.6 Å². The van der Waals surface area contributed by atoms with Crippen molar-refractivity contribution in [2.45, 2.75) is 24.9 Å². The van der Waals surface area contributed by atoms with Crippen LogP contribution in [0.2, 0.25) is 0 Å². The number of benzene rings is 2. The second kappa shape index (κ2) is 5.94. The monoisotopic (exact) mass is 324 g/mol. The number of hydrogen-bond donors (Lipinski definition) is 4. The molecule has 1 saturated heterocycles. The van der Waals surface area contributed by atoms with Crippen molar-refractivity contribution in [1.29, 1.82) is 0 Å². The van der Waals surface area contributed by atoms with Crippen LogP contribution in [0.3, 0.4) is 0 Å². The maximum atomic E-state index is 10.2. The summed E-state index contributed by atoms with van der Waals surface area (Å²) in [6, 6.07) is 15.8. The topological polar surface area (TPSA) is 77.5 Å². The van der Waals surface area contributed by atoms with Crippen molar-refractivity contribution in [3.63, 3.8) is 0 Å². The van der Waals surface area contributed by atoms with Crippen molar-refractivity contribution < 1.29 is 14.9 Å². The van der Waals surface area contributed by atoms with Crippen LogP contribution in [0.5, 0.6) is 5.75 Å². The first-order chi connectivity index (χ1) is 11.6. The molecular weight excluding hydrogens is 304 g/mol. The number of rotatable bonds is 4. The fraction of sp³-hybridized carbons (Fsp3) is 0.263. The van der Waals surface area contributed by atoms with Crippen molar-refractivity contribution in [3.8, 4) is 5.75 Å². The Kier molecular flexibility index (Phi) is 3.76. The molecule has 0 spiro atoms. The van der Waals surface area contributed by atoms with Gasteiger partial charge in [-0.15, -0.1) is 0 Å². The van der Waals surface area contributed by atoms with E-state index >= 15 is 0 Å². The molecule has 0 aliphatic carbocycles. The molecule has 1 aliphatic rings. The third kappa shape index (κ3) is 2.67. The van der Waals surface area contributed by atoms with E-state index in [9.17, 15) is 10.2 Å². The quantitative estimate of drug-likeness (QED) is 0.556. The van der Waals surface area contributed by atoms with Crippen molar-refractivity contribution >= 4 is 10.9 Å². The first-order valence-corrected chi connectivity index (χ1v) is 8.11. The predicted molar refractivity (Wildman–Crippen MR) is 91.6 cm³/mol. The zero-order valence-corrected chi connectivity index (χ0v) is 13.2. The van der Waals surface area contributed by atoms with Crippen LogP contribution in [0.4, 0.5) is 0 Å². The number of aliphatic hydroxyl groups is 2. The molecule has 0 saturated carbocycles. The zero-order valence-electron chi connectivity index (χ0n) is 13.2. The lowest BCUT2D eigenvalue weighted by Crippen LogP contribution is -2.43. The highest BCUT2D eigenvalue weighted by atomic mass is 16.5. The second-order valence-corrected chi connectivity index (χ2v) is 6.19. The van der Waals surface area contributed by atoms with Gasteiger partial charge in [-0.05, 0) is 29.7 Å². The highest BCUT2D eigenvalue weighted by molar-refractivity contribution is 5.90. The first-order valence-electron chi connectivity index (χ1n) is 8.11. The molecule has 5 heteroatoms. The number of aromatic nitrogens is 1. The molecule has 1 unspecified atom stereocenters. The smallest absolute Gasteiger partial charge is 0.229 e. The fourth-order valence-corrected chi connectivity index (χ4v) is 3.40. The van der Waals surface area contributed by atoms with Gasteiger partial charge in [0.1, 0.15) is 12.4 Å². The number of H-pyrrole nitrogens is 1. The van der Waals surface area contributed by atoms with Crippen LogP contribution in [0.15, 0.2) is 54.7 Å². The third-order valence-corrected chi connectivity index (χ3v) is 4.61. The van der Waals surface area contributed by atoms with Gasteiger partial charge in [0.05, 0.1) is 5.92 Å². The second-order valence-electron chi connectivity index (χ2n) is 6.19.